The first kappa shape index (κ1) is 31.9. The van der Waals surface area contributed by atoms with Crippen LogP contribution < -0.4 is 14.8 Å². The molecule has 1 N–H and O–H groups in total. The van der Waals surface area contributed by atoms with Crippen LogP contribution in [0.1, 0.15) is 64.1 Å². The van der Waals surface area contributed by atoms with Gasteiger partial charge in [-0.25, -0.2) is 27.2 Å². The van der Waals surface area contributed by atoms with Gasteiger partial charge in [0.1, 0.15) is 32.9 Å². The van der Waals surface area contributed by atoms with E-state index >= 15 is 0 Å². The van der Waals surface area contributed by atoms with E-state index < -0.39 is 27.4 Å². The number of hydrogen-bond donors (Lipinski definition) is 1. The van der Waals surface area contributed by atoms with Crippen LogP contribution in [0.15, 0.2) is 36.8 Å². The Hall–Kier alpha value is -4.46. The zero-order valence-corrected chi connectivity index (χ0v) is 26.2. The highest BCUT2D eigenvalue weighted by atomic mass is 32.2. The smallest absolute Gasteiger partial charge is 0.253 e. The van der Waals surface area contributed by atoms with Crippen molar-refractivity contribution in [1.82, 2.24) is 30.0 Å². The Morgan fingerprint density at radius 1 is 1.18 bits per heavy atom. The van der Waals surface area contributed by atoms with Crippen LogP contribution in [0.3, 0.4) is 0 Å². The lowest BCUT2D eigenvalue weighted by Gasteiger charge is -2.12. The highest BCUT2D eigenvalue weighted by Gasteiger charge is 2.32. The lowest BCUT2D eigenvalue weighted by Crippen LogP contribution is -2.29. The second-order valence-corrected chi connectivity index (χ2v) is 13.2. The summed E-state index contributed by atoms with van der Waals surface area (Å²) in [4.78, 5) is 26.2. The van der Waals surface area contributed by atoms with Crippen LogP contribution in [0, 0.1) is 18.6 Å². The van der Waals surface area contributed by atoms with Crippen molar-refractivity contribution in [3.63, 3.8) is 0 Å². The lowest BCUT2D eigenvalue weighted by atomic mass is 10.0. The number of nitrogens with one attached hydrogen (secondary N) is 1. The third-order valence-electron chi connectivity index (χ3n) is 7.47. The van der Waals surface area contributed by atoms with Crippen molar-refractivity contribution in [1.29, 1.82) is 0 Å². The van der Waals surface area contributed by atoms with Gasteiger partial charge >= 0.3 is 0 Å². The molecule has 1 fully saturated rings. The van der Waals surface area contributed by atoms with Crippen molar-refractivity contribution < 1.29 is 31.5 Å². The maximum absolute atomic E-state index is 15.0. The molecule has 11 nitrogen and oxygen atoms in total. The first-order valence-corrected chi connectivity index (χ1v) is 16.5. The number of pyridine rings is 1. The number of sulfone groups is 1. The third-order valence-corrected chi connectivity index (χ3v) is 8.41. The molecule has 238 valence electrons. The predicted molar refractivity (Wildman–Crippen MR) is 162 cm³/mol. The van der Waals surface area contributed by atoms with Crippen LogP contribution in [-0.4, -0.2) is 71.3 Å². The van der Waals surface area contributed by atoms with Gasteiger partial charge in [-0.1, -0.05) is 0 Å². The molecule has 4 aromatic rings. The molecule has 0 aliphatic heterocycles. The monoisotopic (exact) mass is 640 g/mol. The summed E-state index contributed by atoms with van der Waals surface area (Å²) in [7, 11) is -1.76. The second-order valence-electron chi connectivity index (χ2n) is 10.9. The Kier molecular flexibility index (Phi) is 9.42. The minimum Gasteiger partial charge on any atom is -0.494 e. The van der Waals surface area contributed by atoms with Crippen LogP contribution in [0.2, 0.25) is 0 Å². The van der Waals surface area contributed by atoms with E-state index in [-0.39, 0.29) is 54.7 Å². The summed E-state index contributed by atoms with van der Waals surface area (Å²) in [5.74, 6) is -1.08. The van der Waals surface area contributed by atoms with Gasteiger partial charge in [0.05, 0.1) is 43.5 Å². The van der Waals surface area contributed by atoms with Crippen molar-refractivity contribution in [2.75, 3.05) is 32.3 Å². The average molecular weight is 641 g/mol. The number of hydrogen-bond acceptors (Lipinski definition) is 9. The van der Waals surface area contributed by atoms with E-state index in [0.717, 1.165) is 30.4 Å². The van der Waals surface area contributed by atoms with Crippen molar-refractivity contribution in [3.8, 4) is 23.0 Å². The van der Waals surface area contributed by atoms with E-state index in [9.17, 15) is 22.0 Å². The first-order valence-electron chi connectivity index (χ1n) is 14.5. The highest BCUT2D eigenvalue weighted by molar-refractivity contribution is 7.90. The summed E-state index contributed by atoms with van der Waals surface area (Å²) in [5, 5.41) is 7.37. The summed E-state index contributed by atoms with van der Waals surface area (Å²) < 4.78 is 65.4. The fraction of sp³-hybridized carbons (Fsp3) is 0.387. The Labute approximate surface area is 260 Å². The van der Waals surface area contributed by atoms with E-state index in [1.165, 1.54) is 31.6 Å². The zero-order valence-electron chi connectivity index (χ0n) is 25.4. The SMILES string of the molecule is CCOc1cc(F)c(Cn2nc(-c3ncc(OC)c(Cc4ccncc4C(=O)NCCS(C)(=O)=O)n3)c(C)c2C2CC2)c(F)c1. The van der Waals surface area contributed by atoms with Gasteiger partial charge in [0.15, 0.2) is 11.6 Å². The van der Waals surface area contributed by atoms with Gasteiger partial charge in [-0.2, -0.15) is 5.10 Å². The fourth-order valence-corrected chi connectivity index (χ4v) is 5.60. The number of carbonyl (C=O) groups excluding carboxylic acids is 1. The van der Waals surface area contributed by atoms with Gasteiger partial charge in [-0.15, -0.1) is 0 Å². The molecule has 0 unspecified atom stereocenters. The van der Waals surface area contributed by atoms with E-state index in [2.05, 4.69) is 15.3 Å². The van der Waals surface area contributed by atoms with Gasteiger partial charge in [-0.3, -0.25) is 14.5 Å². The maximum Gasteiger partial charge on any atom is 0.253 e. The molecule has 5 rings (SSSR count). The van der Waals surface area contributed by atoms with Crippen LogP contribution in [0.5, 0.6) is 11.5 Å². The predicted octanol–water partition coefficient (Wildman–Crippen LogP) is 4.02. The standard InChI is InChI=1S/C31H34F2N6O5S/c1-5-44-21-13-24(32)23(25(33)14-21)17-39-29(19-6-7-19)18(2)28(38-39)30-36-16-27(43-3)26(37-30)12-20-8-9-34-15-22(20)31(40)35-10-11-45(4,41)42/h8-9,13-16,19H,5-7,10-12,17H2,1-4H3,(H,35,40). The molecule has 1 aliphatic carbocycles. The van der Waals surface area contributed by atoms with E-state index in [0.29, 0.717) is 28.5 Å². The van der Waals surface area contributed by atoms with Gasteiger partial charge in [0.25, 0.3) is 5.91 Å². The summed E-state index contributed by atoms with van der Waals surface area (Å²) in [5.41, 5.74) is 3.38. The van der Waals surface area contributed by atoms with E-state index in [1.807, 2.05) is 6.92 Å². The molecule has 1 aliphatic rings. The maximum atomic E-state index is 15.0. The first-order chi connectivity index (χ1) is 21.5. The number of amides is 1. The fourth-order valence-electron chi connectivity index (χ4n) is 5.13. The van der Waals surface area contributed by atoms with Crippen molar-refractivity contribution in [2.24, 2.45) is 0 Å². The van der Waals surface area contributed by atoms with Crippen LogP contribution in [0.25, 0.3) is 11.5 Å². The van der Waals surface area contributed by atoms with Gasteiger partial charge < -0.3 is 14.8 Å². The molecular formula is C31H34F2N6O5S. The van der Waals surface area contributed by atoms with Crippen LogP contribution >= 0.6 is 0 Å². The zero-order chi connectivity index (χ0) is 32.3. The quantitative estimate of drug-likeness (QED) is 0.230. The molecule has 0 spiro atoms. The molecular weight excluding hydrogens is 606 g/mol. The van der Waals surface area contributed by atoms with Gasteiger partial charge in [0, 0.05) is 66.5 Å². The number of benzene rings is 1. The summed E-state index contributed by atoms with van der Waals surface area (Å²) >= 11 is 0. The number of carbonyl (C=O) groups is 1. The minimum absolute atomic E-state index is 0.0390. The Morgan fingerprint density at radius 3 is 2.56 bits per heavy atom. The van der Waals surface area contributed by atoms with Crippen molar-refractivity contribution >= 4 is 15.7 Å². The molecule has 0 atom stereocenters. The molecule has 0 radical (unpaired) electrons. The van der Waals surface area contributed by atoms with Crippen LogP contribution in [-0.2, 0) is 22.8 Å². The number of ether oxygens (including phenoxy) is 2. The highest BCUT2D eigenvalue weighted by Crippen LogP contribution is 2.44. The molecule has 3 aromatic heterocycles. The second kappa shape index (κ2) is 13.3. The molecule has 0 saturated heterocycles. The minimum atomic E-state index is -3.25. The molecule has 3 heterocycles. The number of aromatic nitrogens is 5. The average Bonchev–Trinajstić information content (AvgIpc) is 3.77. The largest absolute Gasteiger partial charge is 0.494 e. The Morgan fingerprint density at radius 2 is 1.91 bits per heavy atom. The number of nitrogens with zero attached hydrogens (tertiary/aromatic N) is 5. The molecule has 1 saturated carbocycles. The summed E-state index contributed by atoms with van der Waals surface area (Å²) in [6.45, 7) is 3.77. The molecule has 1 amide bonds. The Balaban J connectivity index is 1.47. The van der Waals surface area contributed by atoms with Gasteiger partial charge in [-0.05, 0) is 38.3 Å². The molecule has 1 aromatic carbocycles. The normalized spacial score (nSPS) is 13.1. The van der Waals surface area contributed by atoms with Crippen molar-refractivity contribution in [3.05, 3.63) is 82.1 Å². The number of methoxy groups -OCH3 is 1. The summed E-state index contributed by atoms with van der Waals surface area (Å²) in [6, 6.07) is 4.03. The van der Waals surface area contributed by atoms with Crippen LogP contribution in [0.4, 0.5) is 8.78 Å². The number of rotatable bonds is 13. The molecule has 0 bridgehead atoms. The van der Waals surface area contributed by atoms with E-state index in [1.54, 1.807) is 23.9 Å². The van der Waals surface area contributed by atoms with Gasteiger partial charge in [0.2, 0.25) is 0 Å². The van der Waals surface area contributed by atoms with E-state index in [4.69, 9.17) is 19.6 Å². The number of halogens is 2. The molecule has 45 heavy (non-hydrogen) atoms. The molecule has 14 heteroatoms. The third kappa shape index (κ3) is 7.44. The summed E-state index contributed by atoms with van der Waals surface area (Å²) in [6.07, 6.45) is 7.62. The Bertz CT molecular complexity index is 1820. The van der Waals surface area contributed by atoms with Crippen molar-refractivity contribution in [2.45, 2.75) is 45.6 Å². The lowest BCUT2D eigenvalue weighted by molar-refractivity contribution is 0.0955. The topological polar surface area (TPSA) is 138 Å².